The fourth-order valence-corrected chi connectivity index (χ4v) is 2.23. The van der Waals surface area contributed by atoms with Crippen molar-refractivity contribution >= 4 is 11.6 Å². The predicted octanol–water partition coefficient (Wildman–Crippen LogP) is 2.61. The number of nitrogens with one attached hydrogen (secondary N) is 2. The van der Waals surface area contributed by atoms with Crippen molar-refractivity contribution in [3.05, 3.63) is 60.2 Å². The van der Waals surface area contributed by atoms with Gasteiger partial charge in [0.05, 0.1) is 13.7 Å². The van der Waals surface area contributed by atoms with Crippen LogP contribution in [-0.4, -0.2) is 33.3 Å². The number of carbonyl (C=O) groups excluding carboxylic acids is 1. The first kappa shape index (κ1) is 17.0. The van der Waals surface area contributed by atoms with Crippen molar-refractivity contribution < 1.29 is 14.3 Å². The molecule has 0 saturated carbocycles. The molecule has 0 aliphatic rings. The Hall–Kier alpha value is -2.37. The second-order valence-electron chi connectivity index (χ2n) is 5.01. The molecule has 0 spiro atoms. The Bertz CT molecular complexity index is 617. The van der Waals surface area contributed by atoms with Gasteiger partial charge in [-0.2, -0.15) is 0 Å². The maximum atomic E-state index is 12.7. The molecular formula is C18H22N2O3. The van der Waals surface area contributed by atoms with Gasteiger partial charge < -0.3 is 14.8 Å². The summed E-state index contributed by atoms with van der Waals surface area (Å²) < 4.78 is 10.2. The van der Waals surface area contributed by atoms with Crippen LogP contribution in [0.3, 0.4) is 0 Å². The topological polar surface area (TPSA) is 59.6 Å². The summed E-state index contributed by atoms with van der Waals surface area (Å²) in [6, 6.07) is 16.5. The van der Waals surface area contributed by atoms with Crippen molar-refractivity contribution in [2.45, 2.75) is 6.04 Å². The fourth-order valence-electron chi connectivity index (χ4n) is 2.23. The van der Waals surface area contributed by atoms with E-state index >= 15 is 0 Å². The Morgan fingerprint density at radius 3 is 2.57 bits per heavy atom. The Kier molecular flexibility index (Phi) is 6.59. The Morgan fingerprint density at radius 2 is 1.87 bits per heavy atom. The van der Waals surface area contributed by atoms with Crippen molar-refractivity contribution in [1.82, 2.24) is 5.32 Å². The third-order valence-corrected chi connectivity index (χ3v) is 3.39. The third kappa shape index (κ3) is 5.09. The van der Waals surface area contributed by atoms with E-state index in [9.17, 15) is 4.79 Å². The van der Waals surface area contributed by atoms with Gasteiger partial charge in [0.1, 0.15) is 11.8 Å². The van der Waals surface area contributed by atoms with E-state index in [1.54, 1.807) is 20.3 Å². The van der Waals surface area contributed by atoms with Crippen LogP contribution in [0.5, 0.6) is 5.75 Å². The average molecular weight is 314 g/mol. The van der Waals surface area contributed by atoms with Gasteiger partial charge in [0.15, 0.2) is 0 Å². The van der Waals surface area contributed by atoms with E-state index in [0.717, 1.165) is 5.56 Å². The number of anilines is 1. The van der Waals surface area contributed by atoms with Crippen molar-refractivity contribution in [3.63, 3.8) is 0 Å². The molecule has 0 radical (unpaired) electrons. The molecular weight excluding hydrogens is 292 g/mol. The van der Waals surface area contributed by atoms with Crippen LogP contribution in [0.25, 0.3) is 0 Å². The SMILES string of the molecule is COCCN[C@H](C(=O)Nc1cccc(OC)c1)c1ccccc1. The molecule has 0 bridgehead atoms. The van der Waals surface area contributed by atoms with Crippen LogP contribution in [-0.2, 0) is 9.53 Å². The highest BCUT2D eigenvalue weighted by Gasteiger charge is 2.19. The van der Waals surface area contributed by atoms with Crippen LogP contribution >= 0.6 is 0 Å². The summed E-state index contributed by atoms with van der Waals surface area (Å²) >= 11 is 0. The van der Waals surface area contributed by atoms with Crippen molar-refractivity contribution in [2.75, 3.05) is 32.7 Å². The van der Waals surface area contributed by atoms with Gasteiger partial charge in [-0.25, -0.2) is 0 Å². The number of benzene rings is 2. The first-order valence-electron chi connectivity index (χ1n) is 7.47. The van der Waals surface area contributed by atoms with Crippen LogP contribution in [0.1, 0.15) is 11.6 Å². The Morgan fingerprint density at radius 1 is 1.09 bits per heavy atom. The average Bonchev–Trinajstić information content (AvgIpc) is 2.59. The number of hydrogen-bond acceptors (Lipinski definition) is 4. The molecule has 0 aromatic heterocycles. The number of carbonyl (C=O) groups is 1. The maximum Gasteiger partial charge on any atom is 0.246 e. The molecule has 2 rings (SSSR count). The van der Waals surface area contributed by atoms with Crippen molar-refractivity contribution in [1.29, 1.82) is 0 Å². The van der Waals surface area contributed by atoms with Crippen molar-refractivity contribution in [3.8, 4) is 5.75 Å². The second-order valence-corrected chi connectivity index (χ2v) is 5.01. The first-order valence-corrected chi connectivity index (χ1v) is 7.47. The Labute approximate surface area is 136 Å². The van der Waals surface area contributed by atoms with Gasteiger partial charge in [-0.1, -0.05) is 36.4 Å². The van der Waals surface area contributed by atoms with Crippen molar-refractivity contribution in [2.24, 2.45) is 0 Å². The molecule has 1 atom stereocenters. The highest BCUT2D eigenvalue weighted by molar-refractivity contribution is 5.95. The lowest BCUT2D eigenvalue weighted by molar-refractivity contribution is -0.118. The third-order valence-electron chi connectivity index (χ3n) is 3.39. The molecule has 0 heterocycles. The second kappa shape index (κ2) is 8.92. The van der Waals surface area contributed by atoms with E-state index in [1.165, 1.54) is 0 Å². The van der Waals surface area contributed by atoms with Gasteiger partial charge in [-0.3, -0.25) is 10.1 Å². The van der Waals surface area contributed by atoms with Crippen LogP contribution < -0.4 is 15.4 Å². The first-order chi connectivity index (χ1) is 11.2. The summed E-state index contributed by atoms with van der Waals surface area (Å²) in [7, 11) is 3.23. The molecule has 23 heavy (non-hydrogen) atoms. The van der Waals surface area contributed by atoms with Gasteiger partial charge in [-0.15, -0.1) is 0 Å². The molecule has 0 aliphatic heterocycles. The molecule has 5 heteroatoms. The van der Waals surface area contributed by atoms with E-state index in [2.05, 4.69) is 10.6 Å². The van der Waals surface area contributed by atoms with Gasteiger partial charge in [0.25, 0.3) is 0 Å². The van der Waals surface area contributed by atoms with Crippen LogP contribution in [0.15, 0.2) is 54.6 Å². The molecule has 2 aromatic rings. The normalized spacial score (nSPS) is 11.7. The van der Waals surface area contributed by atoms with E-state index in [1.807, 2.05) is 48.5 Å². The lowest BCUT2D eigenvalue weighted by Gasteiger charge is -2.19. The molecule has 2 aromatic carbocycles. The quantitative estimate of drug-likeness (QED) is 0.735. The van der Waals surface area contributed by atoms with E-state index < -0.39 is 6.04 Å². The number of amides is 1. The van der Waals surface area contributed by atoms with Crippen LogP contribution in [0, 0.1) is 0 Å². The summed E-state index contributed by atoms with van der Waals surface area (Å²) in [6.07, 6.45) is 0. The standard InChI is InChI=1S/C18H22N2O3/c1-22-12-11-19-17(14-7-4-3-5-8-14)18(21)20-15-9-6-10-16(13-15)23-2/h3-10,13,17,19H,11-12H2,1-2H3,(H,20,21)/t17-/m0/s1. The van der Waals surface area contributed by atoms with Gasteiger partial charge in [-0.05, 0) is 17.7 Å². The number of hydrogen-bond donors (Lipinski definition) is 2. The Balaban J connectivity index is 2.12. The number of rotatable bonds is 8. The molecule has 2 N–H and O–H groups in total. The van der Waals surface area contributed by atoms with Gasteiger partial charge >= 0.3 is 0 Å². The highest BCUT2D eigenvalue weighted by Crippen LogP contribution is 2.19. The zero-order chi connectivity index (χ0) is 16.5. The van der Waals surface area contributed by atoms with E-state index in [-0.39, 0.29) is 5.91 Å². The highest BCUT2D eigenvalue weighted by atomic mass is 16.5. The fraction of sp³-hybridized carbons (Fsp3) is 0.278. The van der Waals surface area contributed by atoms with E-state index in [4.69, 9.17) is 9.47 Å². The summed E-state index contributed by atoms with van der Waals surface area (Å²) in [4.78, 5) is 12.7. The molecule has 0 saturated heterocycles. The lowest BCUT2D eigenvalue weighted by Crippen LogP contribution is -2.34. The minimum atomic E-state index is -0.447. The van der Waals surface area contributed by atoms with E-state index in [0.29, 0.717) is 24.6 Å². The minimum absolute atomic E-state index is 0.124. The summed E-state index contributed by atoms with van der Waals surface area (Å²) in [5.74, 6) is 0.576. The maximum absolute atomic E-state index is 12.7. The zero-order valence-corrected chi connectivity index (χ0v) is 13.4. The number of ether oxygens (including phenoxy) is 2. The smallest absolute Gasteiger partial charge is 0.246 e. The molecule has 0 aliphatic carbocycles. The summed E-state index contributed by atoms with van der Waals surface area (Å²) in [6.45, 7) is 1.12. The largest absolute Gasteiger partial charge is 0.497 e. The molecule has 122 valence electrons. The molecule has 0 unspecified atom stereocenters. The predicted molar refractivity (Wildman–Crippen MR) is 90.7 cm³/mol. The lowest BCUT2D eigenvalue weighted by atomic mass is 10.1. The number of methoxy groups -OCH3 is 2. The van der Waals surface area contributed by atoms with Crippen LogP contribution in [0.4, 0.5) is 5.69 Å². The monoisotopic (exact) mass is 314 g/mol. The van der Waals surface area contributed by atoms with Gasteiger partial charge in [0, 0.05) is 25.4 Å². The van der Waals surface area contributed by atoms with Crippen LogP contribution in [0.2, 0.25) is 0 Å². The summed E-state index contributed by atoms with van der Waals surface area (Å²) in [5.41, 5.74) is 1.60. The molecule has 0 fully saturated rings. The molecule has 1 amide bonds. The minimum Gasteiger partial charge on any atom is -0.497 e. The zero-order valence-electron chi connectivity index (χ0n) is 13.4. The molecule has 5 nitrogen and oxygen atoms in total. The van der Waals surface area contributed by atoms with Gasteiger partial charge in [0.2, 0.25) is 5.91 Å². The summed E-state index contributed by atoms with van der Waals surface area (Å²) in [5, 5.41) is 6.14.